The maximum atomic E-state index is 12.8. The van der Waals surface area contributed by atoms with E-state index in [1.807, 2.05) is 0 Å². The fourth-order valence-corrected chi connectivity index (χ4v) is 1.89. The van der Waals surface area contributed by atoms with Crippen molar-refractivity contribution in [3.8, 4) is 5.75 Å². The molecule has 0 aromatic heterocycles. The predicted molar refractivity (Wildman–Crippen MR) is 83.0 cm³/mol. The third kappa shape index (κ3) is 5.23. The summed E-state index contributed by atoms with van der Waals surface area (Å²) in [4.78, 5) is 24.1. The van der Waals surface area contributed by atoms with Gasteiger partial charge in [0.2, 0.25) is 0 Å². The van der Waals surface area contributed by atoms with Crippen LogP contribution in [0.5, 0.6) is 5.75 Å². The van der Waals surface area contributed by atoms with E-state index in [2.05, 4.69) is 10.1 Å². The quantitative estimate of drug-likeness (QED) is 0.806. The first-order valence-electron chi connectivity index (χ1n) is 7.18. The number of carbonyl (C=O) groups excluding carboxylic acids is 2. The predicted octanol–water partition coefficient (Wildman–Crippen LogP) is 3.61. The van der Waals surface area contributed by atoms with Gasteiger partial charge in [0.05, 0.1) is 0 Å². The lowest BCUT2D eigenvalue weighted by Crippen LogP contribution is -2.30. The summed E-state index contributed by atoms with van der Waals surface area (Å²) in [6, 6.07) is 10.3. The van der Waals surface area contributed by atoms with Crippen LogP contribution >= 0.6 is 0 Å². The van der Waals surface area contributed by atoms with Gasteiger partial charge < -0.3 is 14.8 Å². The number of halogens is 3. The van der Waals surface area contributed by atoms with Gasteiger partial charge in [-0.25, -0.2) is 9.18 Å². The molecule has 0 bridgehead atoms. The third-order valence-corrected chi connectivity index (χ3v) is 3.09. The van der Waals surface area contributed by atoms with Crippen LogP contribution in [-0.2, 0) is 9.53 Å². The van der Waals surface area contributed by atoms with E-state index in [0.717, 1.165) is 12.1 Å². The molecule has 0 saturated carbocycles. The molecule has 1 N–H and O–H groups in total. The second kappa shape index (κ2) is 8.18. The van der Waals surface area contributed by atoms with Crippen LogP contribution in [0.3, 0.4) is 0 Å². The minimum atomic E-state index is -3.10. The zero-order valence-corrected chi connectivity index (χ0v) is 13.0. The molecule has 1 atom stereocenters. The van der Waals surface area contributed by atoms with E-state index in [9.17, 15) is 22.8 Å². The Morgan fingerprint density at radius 3 is 2.32 bits per heavy atom. The highest BCUT2D eigenvalue weighted by atomic mass is 19.3. The van der Waals surface area contributed by atoms with Gasteiger partial charge in [0, 0.05) is 5.69 Å². The van der Waals surface area contributed by atoms with Crippen molar-refractivity contribution < 1.29 is 32.2 Å². The first kappa shape index (κ1) is 18.3. The molecule has 0 aliphatic rings. The largest absolute Gasteiger partial charge is 0.449 e. The topological polar surface area (TPSA) is 64.6 Å². The molecule has 0 fully saturated rings. The molecule has 0 aliphatic heterocycles. The zero-order valence-electron chi connectivity index (χ0n) is 13.0. The lowest BCUT2D eigenvalue weighted by molar-refractivity contribution is -0.123. The Morgan fingerprint density at radius 1 is 1.04 bits per heavy atom. The number of anilines is 1. The van der Waals surface area contributed by atoms with E-state index >= 15 is 0 Å². The number of nitrogens with one attached hydrogen (secondary N) is 1. The molecule has 25 heavy (non-hydrogen) atoms. The molecule has 0 heterocycles. The summed E-state index contributed by atoms with van der Waals surface area (Å²) >= 11 is 0. The zero-order chi connectivity index (χ0) is 18.4. The molecular weight excluding hydrogens is 339 g/mol. The molecule has 0 radical (unpaired) electrons. The number of hydrogen-bond acceptors (Lipinski definition) is 4. The Kier molecular flexibility index (Phi) is 5.99. The number of para-hydroxylation sites is 1. The van der Waals surface area contributed by atoms with Crippen molar-refractivity contribution in [2.75, 3.05) is 5.32 Å². The minimum Gasteiger partial charge on any atom is -0.449 e. The summed E-state index contributed by atoms with van der Waals surface area (Å²) in [7, 11) is 0. The van der Waals surface area contributed by atoms with E-state index in [1.54, 1.807) is 0 Å². The smallest absolute Gasteiger partial charge is 0.387 e. The minimum absolute atomic E-state index is 0.232. The van der Waals surface area contributed by atoms with Crippen molar-refractivity contribution in [3.05, 3.63) is 59.9 Å². The second-order valence-corrected chi connectivity index (χ2v) is 4.92. The first-order chi connectivity index (χ1) is 11.9. The molecule has 0 aliphatic carbocycles. The van der Waals surface area contributed by atoms with Gasteiger partial charge in [-0.3, -0.25) is 4.79 Å². The van der Waals surface area contributed by atoms with Crippen LogP contribution in [0.1, 0.15) is 17.3 Å². The van der Waals surface area contributed by atoms with Crippen LogP contribution in [0.4, 0.5) is 18.9 Å². The van der Waals surface area contributed by atoms with E-state index in [4.69, 9.17) is 4.74 Å². The molecule has 2 aromatic rings. The standard InChI is InChI=1S/C17H14F3NO4/c1-10(15(22)21-12-8-6-11(18)7-9-12)24-16(23)13-4-2-3-5-14(13)25-17(19)20/h2-10,17H,1H3,(H,21,22)/t10-/m1/s1. The van der Waals surface area contributed by atoms with Crippen LogP contribution in [0.25, 0.3) is 0 Å². The fourth-order valence-electron chi connectivity index (χ4n) is 1.89. The van der Waals surface area contributed by atoms with E-state index < -0.39 is 30.4 Å². The Hall–Kier alpha value is -3.03. The van der Waals surface area contributed by atoms with Gasteiger partial charge in [0.25, 0.3) is 5.91 Å². The average Bonchev–Trinajstić information content (AvgIpc) is 2.56. The molecule has 0 spiro atoms. The average molecular weight is 353 g/mol. The molecule has 5 nitrogen and oxygen atoms in total. The molecule has 0 unspecified atom stereocenters. The number of esters is 1. The van der Waals surface area contributed by atoms with Crippen LogP contribution in [0.2, 0.25) is 0 Å². The highest BCUT2D eigenvalue weighted by Crippen LogP contribution is 2.21. The third-order valence-electron chi connectivity index (χ3n) is 3.09. The summed E-state index contributed by atoms with van der Waals surface area (Å²) in [5, 5.41) is 2.44. The maximum absolute atomic E-state index is 12.8. The summed E-state index contributed by atoms with van der Waals surface area (Å²) in [6.07, 6.45) is -1.21. The van der Waals surface area contributed by atoms with Crippen molar-refractivity contribution in [3.63, 3.8) is 0 Å². The Bertz CT molecular complexity index is 750. The number of rotatable bonds is 6. The summed E-state index contributed by atoms with van der Waals surface area (Å²) in [6.45, 7) is -1.79. The van der Waals surface area contributed by atoms with Crippen molar-refractivity contribution >= 4 is 17.6 Å². The number of amides is 1. The number of benzene rings is 2. The number of carbonyl (C=O) groups is 2. The number of hydrogen-bond donors (Lipinski definition) is 1. The van der Waals surface area contributed by atoms with E-state index in [1.165, 1.54) is 43.3 Å². The van der Waals surface area contributed by atoms with E-state index in [0.29, 0.717) is 5.69 Å². The van der Waals surface area contributed by atoms with Gasteiger partial charge in [-0.1, -0.05) is 12.1 Å². The van der Waals surface area contributed by atoms with Crippen molar-refractivity contribution in [1.29, 1.82) is 0 Å². The van der Waals surface area contributed by atoms with Gasteiger partial charge in [0.15, 0.2) is 6.10 Å². The van der Waals surface area contributed by atoms with Crippen LogP contribution in [0, 0.1) is 5.82 Å². The summed E-state index contributed by atoms with van der Waals surface area (Å²) in [5.74, 6) is -2.47. The van der Waals surface area contributed by atoms with Gasteiger partial charge in [-0.05, 0) is 43.3 Å². The Balaban J connectivity index is 2.02. The van der Waals surface area contributed by atoms with Crippen LogP contribution in [0.15, 0.2) is 48.5 Å². The highest BCUT2D eigenvalue weighted by Gasteiger charge is 2.22. The molecule has 2 rings (SSSR count). The molecule has 1 amide bonds. The van der Waals surface area contributed by atoms with Gasteiger partial charge in [-0.2, -0.15) is 8.78 Å². The lowest BCUT2D eigenvalue weighted by Gasteiger charge is -2.15. The molecule has 0 saturated heterocycles. The fraction of sp³-hybridized carbons (Fsp3) is 0.176. The Morgan fingerprint density at radius 2 is 1.68 bits per heavy atom. The normalized spacial score (nSPS) is 11.7. The van der Waals surface area contributed by atoms with Gasteiger partial charge in [0.1, 0.15) is 17.1 Å². The van der Waals surface area contributed by atoms with Gasteiger partial charge >= 0.3 is 12.6 Å². The first-order valence-corrected chi connectivity index (χ1v) is 7.18. The van der Waals surface area contributed by atoms with Gasteiger partial charge in [-0.15, -0.1) is 0 Å². The molecular formula is C17H14F3NO4. The van der Waals surface area contributed by atoms with Crippen LogP contribution < -0.4 is 10.1 Å². The van der Waals surface area contributed by atoms with E-state index in [-0.39, 0.29) is 11.3 Å². The number of ether oxygens (including phenoxy) is 2. The van der Waals surface area contributed by atoms with Crippen molar-refractivity contribution in [1.82, 2.24) is 0 Å². The van der Waals surface area contributed by atoms with Crippen molar-refractivity contribution in [2.24, 2.45) is 0 Å². The SMILES string of the molecule is C[C@@H](OC(=O)c1ccccc1OC(F)F)C(=O)Nc1ccc(F)cc1. The highest BCUT2D eigenvalue weighted by molar-refractivity contribution is 5.98. The van der Waals surface area contributed by atoms with Crippen molar-refractivity contribution in [2.45, 2.75) is 19.6 Å². The summed E-state index contributed by atoms with van der Waals surface area (Å²) < 4.78 is 46.8. The number of alkyl halides is 2. The lowest BCUT2D eigenvalue weighted by atomic mass is 10.2. The molecule has 132 valence electrons. The summed E-state index contributed by atoms with van der Waals surface area (Å²) in [5.41, 5.74) is 0.0833. The monoisotopic (exact) mass is 353 g/mol. The molecule has 2 aromatic carbocycles. The van der Waals surface area contributed by atoms with Crippen LogP contribution in [-0.4, -0.2) is 24.6 Å². The Labute approximate surface area is 141 Å². The maximum Gasteiger partial charge on any atom is 0.387 e. The second-order valence-electron chi connectivity index (χ2n) is 4.92. The molecule has 8 heteroatoms.